The van der Waals surface area contributed by atoms with Crippen LogP contribution in [0.1, 0.15) is 47.1 Å². The molecule has 0 fully saturated rings. The average Bonchev–Trinajstić information content (AvgIpc) is 2.95. The van der Waals surface area contributed by atoms with Crippen LogP contribution in [0, 0.1) is 16.9 Å². The van der Waals surface area contributed by atoms with Crippen molar-refractivity contribution in [2.45, 2.75) is 41.5 Å². The van der Waals surface area contributed by atoms with E-state index in [9.17, 15) is 0 Å². The van der Waals surface area contributed by atoms with Gasteiger partial charge in [0.1, 0.15) is 0 Å². The van der Waals surface area contributed by atoms with E-state index in [2.05, 4.69) is 84.0 Å². The number of hydrogen-bond acceptors (Lipinski definition) is 1. The SMILES string of the molecule is CC(C)(C)C1=[C-]C2=C(c3ccccc3)C(C(C)(C)C)=NC2=C1.[Cl-].[Cl-].[Zr+3]. The summed E-state index contributed by atoms with van der Waals surface area (Å²) in [6, 6.07) is 10.6. The van der Waals surface area contributed by atoms with Crippen LogP contribution in [0.3, 0.4) is 0 Å². The summed E-state index contributed by atoms with van der Waals surface area (Å²) in [5.74, 6) is 0. The summed E-state index contributed by atoms with van der Waals surface area (Å²) >= 11 is 0. The van der Waals surface area contributed by atoms with Crippen LogP contribution in [-0.4, -0.2) is 5.71 Å². The van der Waals surface area contributed by atoms with E-state index in [1.807, 2.05) is 0 Å². The molecule has 0 saturated heterocycles. The Bertz CT molecular complexity index is 742. The molecule has 0 atom stereocenters. The molecule has 0 amide bonds. The zero-order chi connectivity index (χ0) is 16.1. The minimum Gasteiger partial charge on any atom is -1.00 e. The predicted octanol–water partition coefficient (Wildman–Crippen LogP) is -0.380. The summed E-state index contributed by atoms with van der Waals surface area (Å²) in [5, 5.41) is 0. The molecule has 0 spiro atoms. The number of halogens is 2. The first-order chi connectivity index (χ1) is 10.2. The van der Waals surface area contributed by atoms with Gasteiger partial charge in [0, 0.05) is 5.71 Å². The molecule has 1 nitrogen and oxygen atoms in total. The zero-order valence-corrected chi connectivity index (χ0v) is 19.6. The number of allylic oxidation sites excluding steroid dienone is 4. The third kappa shape index (κ3) is 4.85. The standard InChI is InChI=1S/C21H24N.2ClH.Zr/c1-20(2,3)15-12-16-17(13-15)22-19(21(4,5)6)18(16)14-10-8-7-9-11-14;;;/h7-11,13H,1-6H3;2*1H;/q-1;;;+3/p-2. The maximum atomic E-state index is 4.96. The van der Waals surface area contributed by atoms with E-state index in [0.717, 1.165) is 5.70 Å². The summed E-state index contributed by atoms with van der Waals surface area (Å²) in [4.78, 5) is 4.96. The molecule has 1 aliphatic heterocycles. The molecule has 1 aromatic carbocycles. The molecule has 1 aliphatic carbocycles. The van der Waals surface area contributed by atoms with E-state index < -0.39 is 0 Å². The van der Waals surface area contributed by atoms with Crippen molar-refractivity contribution in [3.8, 4) is 0 Å². The summed E-state index contributed by atoms with van der Waals surface area (Å²) in [7, 11) is 0. The molecule has 131 valence electrons. The maximum Gasteiger partial charge on any atom is 3.00 e. The Hall–Kier alpha value is -0.427. The summed E-state index contributed by atoms with van der Waals surface area (Å²) < 4.78 is 0. The number of hydrogen-bond donors (Lipinski definition) is 0. The average molecular weight is 453 g/mol. The Morgan fingerprint density at radius 1 is 0.840 bits per heavy atom. The second-order valence-corrected chi connectivity index (χ2v) is 8.14. The van der Waals surface area contributed by atoms with E-state index in [0.29, 0.717) is 0 Å². The molecule has 1 heterocycles. The van der Waals surface area contributed by atoms with Crippen LogP contribution < -0.4 is 24.8 Å². The van der Waals surface area contributed by atoms with Gasteiger partial charge in [0.05, 0.1) is 0 Å². The molecule has 3 rings (SSSR count). The van der Waals surface area contributed by atoms with Gasteiger partial charge in [-0.15, -0.1) is 23.3 Å². The first kappa shape index (κ1) is 24.6. The Morgan fingerprint density at radius 2 is 1.40 bits per heavy atom. The first-order valence-corrected chi connectivity index (χ1v) is 7.94. The van der Waals surface area contributed by atoms with E-state index in [1.165, 1.54) is 28.0 Å². The van der Waals surface area contributed by atoms with Crippen molar-refractivity contribution in [1.29, 1.82) is 0 Å². The Balaban J connectivity index is 0.00000192. The summed E-state index contributed by atoms with van der Waals surface area (Å²) in [6.45, 7) is 13.4. The first-order valence-electron chi connectivity index (χ1n) is 7.94. The van der Waals surface area contributed by atoms with E-state index in [4.69, 9.17) is 4.99 Å². The topological polar surface area (TPSA) is 12.4 Å². The summed E-state index contributed by atoms with van der Waals surface area (Å²) in [5.41, 5.74) is 7.25. The Labute approximate surface area is 183 Å². The number of nitrogens with zero attached hydrogens (tertiary/aromatic N) is 1. The number of aliphatic imine (C=N–C) groups is 1. The fourth-order valence-electron chi connectivity index (χ4n) is 2.85. The molecule has 4 heteroatoms. The van der Waals surface area contributed by atoms with Crippen LogP contribution in [0.15, 0.2) is 58.2 Å². The van der Waals surface area contributed by atoms with Crippen LogP contribution in [0.5, 0.6) is 0 Å². The van der Waals surface area contributed by atoms with Gasteiger partial charge in [-0.25, -0.2) is 0 Å². The van der Waals surface area contributed by atoms with Crippen molar-refractivity contribution in [2.24, 2.45) is 15.8 Å². The van der Waals surface area contributed by atoms with Gasteiger partial charge in [0.2, 0.25) is 0 Å². The van der Waals surface area contributed by atoms with Crippen LogP contribution >= 0.6 is 0 Å². The predicted molar refractivity (Wildman–Crippen MR) is 94.5 cm³/mol. The van der Waals surface area contributed by atoms with Crippen LogP contribution in [0.2, 0.25) is 0 Å². The molecule has 1 aromatic rings. The Morgan fingerprint density at radius 3 is 1.88 bits per heavy atom. The van der Waals surface area contributed by atoms with Crippen molar-refractivity contribution >= 4 is 11.3 Å². The molecule has 0 bridgehead atoms. The molecule has 1 radical (unpaired) electrons. The van der Waals surface area contributed by atoms with Crippen molar-refractivity contribution < 1.29 is 51.0 Å². The van der Waals surface area contributed by atoms with E-state index in [1.54, 1.807) is 0 Å². The van der Waals surface area contributed by atoms with Gasteiger partial charge in [-0.3, -0.25) is 0 Å². The van der Waals surface area contributed by atoms with Crippen molar-refractivity contribution in [3.63, 3.8) is 0 Å². The molecule has 2 aliphatic rings. The van der Waals surface area contributed by atoms with Crippen molar-refractivity contribution in [2.75, 3.05) is 0 Å². The van der Waals surface area contributed by atoms with E-state index in [-0.39, 0.29) is 61.8 Å². The van der Waals surface area contributed by atoms with Gasteiger partial charge in [-0.05, 0) is 10.8 Å². The second-order valence-electron chi connectivity index (χ2n) is 8.14. The molecular weight excluding hydrogens is 428 g/mol. The zero-order valence-electron chi connectivity index (χ0n) is 15.7. The molecule has 0 aromatic heterocycles. The minimum absolute atomic E-state index is 0. The van der Waals surface area contributed by atoms with Crippen LogP contribution in [-0.2, 0) is 26.2 Å². The van der Waals surface area contributed by atoms with Crippen LogP contribution in [0.25, 0.3) is 5.57 Å². The van der Waals surface area contributed by atoms with Gasteiger partial charge in [-0.1, -0.05) is 88.7 Å². The third-order valence-corrected chi connectivity index (χ3v) is 4.10. The second kappa shape index (κ2) is 8.51. The van der Waals surface area contributed by atoms with Crippen molar-refractivity contribution in [3.05, 3.63) is 64.9 Å². The quantitative estimate of drug-likeness (QED) is 0.516. The summed E-state index contributed by atoms with van der Waals surface area (Å²) in [6.07, 6.45) is 5.84. The van der Waals surface area contributed by atoms with Gasteiger partial charge >= 0.3 is 26.2 Å². The van der Waals surface area contributed by atoms with Crippen LogP contribution in [0.4, 0.5) is 0 Å². The minimum atomic E-state index is 0. The molecular formula is C21H24Cl2NZr. The molecule has 0 N–H and O–H groups in total. The van der Waals surface area contributed by atoms with E-state index >= 15 is 0 Å². The number of rotatable bonds is 1. The Kier molecular flexibility index (Phi) is 8.36. The van der Waals surface area contributed by atoms with Crippen molar-refractivity contribution in [1.82, 2.24) is 0 Å². The molecule has 0 unspecified atom stereocenters. The molecule has 0 saturated carbocycles. The largest absolute Gasteiger partial charge is 3.00 e. The van der Waals surface area contributed by atoms with Gasteiger partial charge in [0.15, 0.2) is 0 Å². The normalized spacial score (nSPS) is 16.0. The van der Waals surface area contributed by atoms with Gasteiger partial charge in [0.25, 0.3) is 0 Å². The van der Waals surface area contributed by atoms with Gasteiger partial charge in [-0.2, -0.15) is 0 Å². The fourth-order valence-corrected chi connectivity index (χ4v) is 2.85. The number of fused-ring (bicyclic) bond motifs is 1. The monoisotopic (exact) mass is 450 g/mol. The molecule has 25 heavy (non-hydrogen) atoms. The fraction of sp³-hybridized carbons (Fsp3) is 0.381. The smallest absolute Gasteiger partial charge is 1.00 e. The maximum absolute atomic E-state index is 4.96. The number of benzene rings is 1. The third-order valence-electron chi connectivity index (χ3n) is 4.10. The van der Waals surface area contributed by atoms with Gasteiger partial charge < -0.3 is 29.8 Å².